The van der Waals surface area contributed by atoms with Gasteiger partial charge in [0.15, 0.2) is 0 Å². The van der Waals surface area contributed by atoms with Crippen molar-refractivity contribution in [1.29, 1.82) is 0 Å². The van der Waals surface area contributed by atoms with E-state index in [1.54, 1.807) is 24.4 Å². The summed E-state index contributed by atoms with van der Waals surface area (Å²) in [6.07, 6.45) is 6.37. The zero-order chi connectivity index (χ0) is 21.8. The quantitative estimate of drug-likeness (QED) is 0.642. The number of fused-ring (bicyclic) bond motifs is 1. The number of methoxy groups -OCH3 is 2. The molecule has 0 saturated carbocycles. The lowest BCUT2D eigenvalue weighted by atomic mass is 10.2. The van der Waals surface area contributed by atoms with Crippen LogP contribution in [0, 0.1) is 0 Å². The van der Waals surface area contributed by atoms with Crippen LogP contribution in [0.5, 0.6) is 11.5 Å². The van der Waals surface area contributed by atoms with Crippen LogP contribution in [0.15, 0.2) is 35.3 Å². The average molecular weight is 426 g/mol. The van der Waals surface area contributed by atoms with Crippen molar-refractivity contribution in [3.63, 3.8) is 0 Å². The van der Waals surface area contributed by atoms with Crippen LogP contribution >= 0.6 is 0 Å². The van der Waals surface area contributed by atoms with Crippen molar-refractivity contribution in [1.82, 2.24) is 19.2 Å². The highest BCUT2D eigenvalue weighted by Gasteiger charge is 2.16. The van der Waals surface area contributed by atoms with E-state index in [1.165, 1.54) is 31.5 Å². The zero-order valence-corrected chi connectivity index (χ0v) is 17.7. The summed E-state index contributed by atoms with van der Waals surface area (Å²) < 4.78 is 12.9. The lowest BCUT2D eigenvalue weighted by Crippen LogP contribution is -2.28. The Bertz CT molecular complexity index is 1110. The molecule has 3 aromatic rings. The molecule has 0 aliphatic carbocycles. The van der Waals surface area contributed by atoms with Crippen LogP contribution < -0.4 is 25.4 Å². The summed E-state index contributed by atoms with van der Waals surface area (Å²) >= 11 is 0. The number of anilines is 2. The van der Waals surface area contributed by atoms with Crippen molar-refractivity contribution < 1.29 is 14.3 Å². The standard InChI is InChI=1S/C21H26N6O4/c1-30-16-11-15(12-17(13-16)31-2)22-19(28)14-27-21(29)26-10-7-18(23-20(26)24-27)25-8-5-3-4-6-9-25/h7,10-13H,3-6,8-9,14H2,1-2H3,(H,22,28). The van der Waals surface area contributed by atoms with Gasteiger partial charge in [-0.1, -0.05) is 12.8 Å². The Kier molecular flexibility index (Phi) is 6.06. The number of nitrogens with one attached hydrogen (secondary N) is 1. The SMILES string of the molecule is COc1cc(NC(=O)Cn2nc3nc(N4CCCCCC4)ccn3c2=O)cc(OC)c1. The summed E-state index contributed by atoms with van der Waals surface area (Å²) in [5, 5.41) is 7.00. The second-order valence-corrected chi connectivity index (χ2v) is 7.45. The van der Waals surface area contributed by atoms with Crippen LogP contribution in [0.3, 0.4) is 0 Å². The molecule has 3 heterocycles. The number of rotatable bonds is 6. The Labute approximate surface area is 179 Å². The van der Waals surface area contributed by atoms with Gasteiger partial charge in [0.25, 0.3) is 5.78 Å². The lowest BCUT2D eigenvalue weighted by Gasteiger charge is -2.20. The summed E-state index contributed by atoms with van der Waals surface area (Å²) in [4.78, 5) is 32.0. The minimum absolute atomic E-state index is 0.235. The Balaban J connectivity index is 1.52. The molecule has 164 valence electrons. The number of amides is 1. The van der Waals surface area contributed by atoms with Gasteiger partial charge in [-0.15, -0.1) is 5.10 Å². The first-order chi connectivity index (χ1) is 15.1. The van der Waals surface area contributed by atoms with Gasteiger partial charge in [0.1, 0.15) is 23.9 Å². The maximum absolute atomic E-state index is 12.6. The highest BCUT2D eigenvalue weighted by atomic mass is 16.5. The van der Waals surface area contributed by atoms with E-state index in [-0.39, 0.29) is 12.3 Å². The third-order valence-corrected chi connectivity index (χ3v) is 5.30. The molecule has 1 saturated heterocycles. The first kappa shape index (κ1) is 20.7. The van der Waals surface area contributed by atoms with Gasteiger partial charge < -0.3 is 19.7 Å². The summed E-state index contributed by atoms with van der Waals surface area (Å²) in [7, 11) is 3.06. The van der Waals surface area contributed by atoms with Crippen molar-refractivity contribution in [3.8, 4) is 11.5 Å². The molecule has 31 heavy (non-hydrogen) atoms. The van der Waals surface area contributed by atoms with Gasteiger partial charge in [-0.05, 0) is 18.9 Å². The molecule has 1 aromatic carbocycles. The van der Waals surface area contributed by atoms with E-state index in [1.807, 2.05) is 6.07 Å². The van der Waals surface area contributed by atoms with E-state index in [0.717, 1.165) is 36.4 Å². The number of nitrogens with zero attached hydrogens (tertiary/aromatic N) is 5. The summed E-state index contributed by atoms with van der Waals surface area (Å²) in [5.41, 5.74) is 0.0860. The Morgan fingerprint density at radius 2 is 1.74 bits per heavy atom. The van der Waals surface area contributed by atoms with Crippen LogP contribution in [0.2, 0.25) is 0 Å². The molecular formula is C21H26N6O4. The van der Waals surface area contributed by atoms with E-state index in [2.05, 4.69) is 20.3 Å². The lowest BCUT2D eigenvalue weighted by molar-refractivity contribution is -0.117. The molecule has 2 aromatic heterocycles. The molecule has 10 nitrogen and oxygen atoms in total. The fraction of sp³-hybridized carbons (Fsp3) is 0.429. The van der Waals surface area contributed by atoms with Crippen LogP contribution in [0.4, 0.5) is 11.5 Å². The fourth-order valence-corrected chi connectivity index (χ4v) is 3.69. The maximum Gasteiger partial charge on any atom is 0.352 e. The Hall–Kier alpha value is -3.56. The minimum atomic E-state index is -0.414. The molecule has 1 amide bonds. The number of aromatic nitrogens is 4. The molecule has 0 atom stereocenters. The second-order valence-electron chi connectivity index (χ2n) is 7.45. The van der Waals surface area contributed by atoms with E-state index in [9.17, 15) is 9.59 Å². The molecule has 1 aliphatic rings. The molecule has 0 bridgehead atoms. The maximum atomic E-state index is 12.6. The van der Waals surface area contributed by atoms with Crippen LogP contribution in [-0.2, 0) is 11.3 Å². The van der Waals surface area contributed by atoms with Crippen LogP contribution in [-0.4, -0.2) is 52.4 Å². The van der Waals surface area contributed by atoms with Crippen LogP contribution in [0.1, 0.15) is 25.7 Å². The summed E-state index contributed by atoms with van der Waals surface area (Å²) in [5.74, 6) is 1.78. The first-order valence-electron chi connectivity index (χ1n) is 10.3. The molecule has 4 rings (SSSR count). The van der Waals surface area contributed by atoms with E-state index >= 15 is 0 Å². The first-order valence-corrected chi connectivity index (χ1v) is 10.3. The molecule has 0 unspecified atom stereocenters. The average Bonchev–Trinajstić information content (AvgIpc) is 2.95. The number of hydrogen-bond acceptors (Lipinski definition) is 7. The van der Waals surface area contributed by atoms with Crippen molar-refractivity contribution in [3.05, 3.63) is 40.9 Å². The Morgan fingerprint density at radius 3 is 2.39 bits per heavy atom. The van der Waals surface area contributed by atoms with E-state index in [4.69, 9.17) is 9.47 Å². The monoisotopic (exact) mass is 426 g/mol. The molecule has 0 radical (unpaired) electrons. The summed E-state index contributed by atoms with van der Waals surface area (Å²) in [6.45, 7) is 1.65. The van der Waals surface area contributed by atoms with Crippen LogP contribution in [0.25, 0.3) is 5.78 Å². The van der Waals surface area contributed by atoms with Gasteiger partial charge in [0.2, 0.25) is 5.91 Å². The molecule has 1 aliphatic heterocycles. The zero-order valence-electron chi connectivity index (χ0n) is 17.7. The summed E-state index contributed by atoms with van der Waals surface area (Å²) in [6, 6.07) is 6.87. The molecule has 0 spiro atoms. The normalized spacial score (nSPS) is 14.3. The predicted octanol–water partition coefficient (Wildman–Crippen LogP) is 1.93. The van der Waals surface area contributed by atoms with Gasteiger partial charge in [0, 0.05) is 43.2 Å². The molecular weight excluding hydrogens is 400 g/mol. The fourth-order valence-electron chi connectivity index (χ4n) is 3.69. The van der Waals surface area contributed by atoms with Crippen molar-refractivity contribution in [2.75, 3.05) is 37.5 Å². The van der Waals surface area contributed by atoms with Crippen molar-refractivity contribution >= 4 is 23.2 Å². The van der Waals surface area contributed by atoms with E-state index in [0.29, 0.717) is 17.2 Å². The third-order valence-electron chi connectivity index (χ3n) is 5.30. The highest BCUT2D eigenvalue weighted by molar-refractivity contribution is 5.91. The van der Waals surface area contributed by atoms with E-state index < -0.39 is 11.6 Å². The number of carbonyl (C=O) groups excluding carboxylic acids is 1. The van der Waals surface area contributed by atoms with Gasteiger partial charge >= 0.3 is 5.69 Å². The topological polar surface area (TPSA) is 103 Å². The molecule has 10 heteroatoms. The van der Waals surface area contributed by atoms with Gasteiger partial charge in [-0.2, -0.15) is 4.98 Å². The van der Waals surface area contributed by atoms with Gasteiger partial charge in [0.05, 0.1) is 14.2 Å². The number of ether oxygens (including phenoxy) is 2. The smallest absolute Gasteiger partial charge is 0.352 e. The van der Waals surface area contributed by atoms with Crippen molar-refractivity contribution in [2.45, 2.75) is 32.2 Å². The largest absolute Gasteiger partial charge is 0.497 e. The Morgan fingerprint density at radius 1 is 1.06 bits per heavy atom. The molecule has 1 N–H and O–H groups in total. The highest BCUT2D eigenvalue weighted by Crippen LogP contribution is 2.25. The van der Waals surface area contributed by atoms with Gasteiger partial charge in [-0.25, -0.2) is 13.9 Å². The van der Waals surface area contributed by atoms with Gasteiger partial charge in [-0.3, -0.25) is 4.79 Å². The molecule has 1 fully saturated rings. The predicted molar refractivity (Wildman–Crippen MR) is 116 cm³/mol. The number of hydrogen-bond donors (Lipinski definition) is 1. The minimum Gasteiger partial charge on any atom is -0.497 e. The third kappa shape index (κ3) is 4.62. The van der Waals surface area contributed by atoms with Crippen molar-refractivity contribution in [2.24, 2.45) is 0 Å². The number of benzene rings is 1. The number of carbonyl (C=O) groups is 1. The second kappa shape index (κ2) is 9.07.